The maximum Gasteiger partial charge on any atom is 1.00 e. The predicted molar refractivity (Wildman–Crippen MR) is 334 cm³/mol. The molecule has 1 aromatic heterocycles. The zero-order valence-electron chi connectivity index (χ0n) is 52.9. The van der Waals surface area contributed by atoms with Gasteiger partial charge in [-0.15, -0.1) is 0 Å². The van der Waals surface area contributed by atoms with E-state index >= 15 is 0 Å². The second kappa shape index (κ2) is 34.4. The van der Waals surface area contributed by atoms with Crippen LogP contribution in [0.15, 0.2) is 85.1 Å². The number of carbonyl (C=O) groups is 1. The van der Waals surface area contributed by atoms with Gasteiger partial charge in [-0.25, -0.2) is 0 Å². The van der Waals surface area contributed by atoms with E-state index in [9.17, 15) is 10.1 Å². The topological polar surface area (TPSA) is 252 Å². The SMILES string of the molecule is C.C.CO.CO.COc1ccc2c(c1OC)C(C#N)N1CCc3cc4c(cc3C1=C2)OCO4.COc1ccc2c(c1OC)C(C(N)=O)N1CCc3cc4c(cc3C1C2)OCO4.COc1ccc2cc3[n+](cc2c1OC)CCc1cc2c(cc1-3)OCO2.[B].[C-]#N.[Cl-].[H-].[K+].[Na+]. The fourth-order valence-electron chi connectivity index (χ4n) is 12.7. The Kier molecular flexibility index (Phi) is 29.0. The van der Waals surface area contributed by atoms with E-state index in [-0.39, 0.29) is 144 Å². The van der Waals surface area contributed by atoms with Crippen molar-refractivity contribution < 1.29 is 171 Å². The van der Waals surface area contributed by atoms with E-state index in [4.69, 9.17) is 84.6 Å². The van der Waals surface area contributed by atoms with Gasteiger partial charge in [0.05, 0.1) is 59.7 Å². The monoisotopic (exact) mass is 1310 g/mol. The first-order chi connectivity index (χ1) is 42.1. The number of aromatic nitrogens is 1. The number of amides is 1. The number of aliphatic hydroxyl groups excluding tert-OH is 2. The van der Waals surface area contributed by atoms with Crippen LogP contribution in [0.4, 0.5) is 0 Å². The van der Waals surface area contributed by atoms with Crippen LogP contribution >= 0.6 is 0 Å². The van der Waals surface area contributed by atoms with Gasteiger partial charge in [0.1, 0.15) is 12.1 Å². The molecule has 0 bridgehead atoms. The van der Waals surface area contributed by atoms with E-state index < -0.39 is 12.1 Å². The summed E-state index contributed by atoms with van der Waals surface area (Å²) in [7, 11) is 11.7. The number of hydrogen-bond donors (Lipinski definition) is 3. The molecule has 15 rings (SSSR count). The molecule has 21 nitrogen and oxygen atoms in total. The fraction of sp³-hybridized carbons (Fsp3) is 0.343. The number of carbonyl (C=O) groups excluding carboxylic acids is 1. The normalized spacial score (nSPS) is 16.2. The summed E-state index contributed by atoms with van der Waals surface area (Å²) >= 11 is 0. The van der Waals surface area contributed by atoms with Crippen LogP contribution in [0.3, 0.4) is 0 Å². The number of rotatable bonds is 7. The van der Waals surface area contributed by atoms with E-state index in [0.717, 1.165) is 150 Å². The number of nitrogens with two attached hydrogens (primary N) is 1. The maximum atomic E-state index is 12.6. The molecular formula is C67H75BClKN6NaO15. The van der Waals surface area contributed by atoms with Crippen molar-refractivity contribution in [1.82, 2.24) is 9.80 Å². The standard InChI is InChI=1S/C21H22N2O5.C21H18N2O4.C20H18NO4.CN.2CH4O.2CH4.B.ClH.K.Na.H/c1-25-15-4-3-12-7-14-13-9-17-16(27-10-28-17)8-11(13)5-6-23(14)19(21(22)24)18(12)20(15)26-2;1-24-17-4-3-13-7-15-14-9-19-18(26-11-27-19)8-12(14)5-6-23(15)16(10-22)20(13)21(17)25-2;1-22-17-4-3-12-7-16-14-9-19-18(24-11-25-19)8-13(14)5-6-21(16)10-15(12)20(17)23-2;3*1-2;;;;;;;/h3-4,8-9,14,19H,5-7,10H2,1-2H3,(H2,22,24);3-4,7-9,16H,5-6,11H2,1-2H3;3-4,7-10H,5-6,11H2,1-2H3;;2*2H,1H3;2*1H4;;1H;;;/q;;+1;-1;;;;;;;2*+1;-1/p-1. The number of pyridine rings is 1. The largest absolute Gasteiger partial charge is 1.00 e. The van der Waals surface area contributed by atoms with E-state index in [2.05, 4.69) is 75.2 Å². The van der Waals surface area contributed by atoms with E-state index in [1.165, 1.54) is 33.5 Å². The van der Waals surface area contributed by atoms with Crippen LogP contribution in [0.1, 0.15) is 84.5 Å². The summed E-state index contributed by atoms with van der Waals surface area (Å²) in [6, 6.07) is 27.9. The molecule has 6 aromatic carbocycles. The van der Waals surface area contributed by atoms with Crippen molar-refractivity contribution in [2.24, 2.45) is 5.73 Å². The van der Waals surface area contributed by atoms with Crippen molar-refractivity contribution in [3.63, 3.8) is 0 Å². The Morgan fingerprint density at radius 2 is 1.13 bits per heavy atom. The van der Waals surface area contributed by atoms with Gasteiger partial charge in [0.2, 0.25) is 32.0 Å². The molecule has 8 aliphatic heterocycles. The van der Waals surface area contributed by atoms with Crippen LogP contribution in [0.5, 0.6) is 69.0 Å². The number of aliphatic hydroxyl groups is 2. The summed E-state index contributed by atoms with van der Waals surface area (Å²) in [6.07, 6.45) is 7.63. The molecule has 3 radical (unpaired) electrons. The third kappa shape index (κ3) is 14.2. The number of ether oxygens (including phenoxy) is 12. The molecule has 0 spiro atoms. The number of nitriles is 1. The molecular weight excluding hydrogens is 1240 g/mol. The third-order valence-corrected chi connectivity index (χ3v) is 16.4. The van der Waals surface area contributed by atoms with Gasteiger partial charge < -0.3 is 103 Å². The quantitative estimate of drug-likeness (QED) is 0.107. The Bertz CT molecular complexity index is 3880. The number of fused-ring (bicyclic) bond motifs is 15. The minimum absolute atomic E-state index is 0. The first-order valence-electron chi connectivity index (χ1n) is 27.5. The fourth-order valence-corrected chi connectivity index (χ4v) is 12.7. The molecule has 0 saturated carbocycles. The maximum absolute atomic E-state index is 12.6. The summed E-state index contributed by atoms with van der Waals surface area (Å²) in [6.45, 7) is 7.93. The number of benzene rings is 6. The zero-order chi connectivity index (χ0) is 60.9. The number of methoxy groups -OCH3 is 6. The second-order valence-electron chi connectivity index (χ2n) is 20.2. The molecule has 1 amide bonds. The average Bonchev–Trinajstić information content (AvgIpc) is 1.18. The molecule has 475 valence electrons. The number of halogens is 1. The van der Waals surface area contributed by atoms with Crippen LogP contribution in [0.25, 0.3) is 33.8 Å². The van der Waals surface area contributed by atoms with Crippen LogP contribution in [0, 0.1) is 23.2 Å². The van der Waals surface area contributed by atoms with Gasteiger partial charge in [-0.3, -0.25) is 9.69 Å². The van der Waals surface area contributed by atoms with Crippen molar-refractivity contribution in [2.75, 3.05) is 90.3 Å². The molecule has 0 aliphatic carbocycles. The molecule has 0 fully saturated rings. The molecule has 25 heteroatoms. The Morgan fingerprint density at radius 3 is 1.68 bits per heavy atom. The van der Waals surface area contributed by atoms with Gasteiger partial charge in [-0.2, -0.15) is 9.83 Å². The van der Waals surface area contributed by atoms with Crippen molar-refractivity contribution in [3.05, 3.63) is 142 Å². The molecule has 8 aliphatic rings. The number of aryl methyl sites for hydroxylation is 2. The number of hydrogen-bond acceptors (Lipinski definition) is 19. The van der Waals surface area contributed by atoms with Crippen molar-refractivity contribution >= 4 is 36.9 Å². The molecule has 0 saturated heterocycles. The first-order valence-corrected chi connectivity index (χ1v) is 27.5. The van der Waals surface area contributed by atoms with Crippen molar-refractivity contribution in [1.29, 1.82) is 10.5 Å². The Morgan fingerprint density at radius 1 is 0.641 bits per heavy atom. The van der Waals surface area contributed by atoms with Gasteiger partial charge in [0.25, 0.3) is 0 Å². The zero-order valence-corrected chi connectivity index (χ0v) is 57.8. The Hall–Kier alpha value is -6.81. The van der Waals surface area contributed by atoms with Crippen molar-refractivity contribution in [3.8, 4) is 86.3 Å². The van der Waals surface area contributed by atoms with Gasteiger partial charge in [0.15, 0.2) is 81.7 Å². The summed E-state index contributed by atoms with van der Waals surface area (Å²) in [5.74, 6) is 8.33. The molecule has 3 atom stereocenters. The van der Waals surface area contributed by atoms with Gasteiger partial charge in [-0.05, 0) is 125 Å². The Labute approximate surface area is 611 Å². The predicted octanol–water partition coefficient (Wildman–Crippen LogP) is -0.0930. The summed E-state index contributed by atoms with van der Waals surface area (Å²) in [5, 5.41) is 32.4. The summed E-state index contributed by atoms with van der Waals surface area (Å²) < 4.78 is 68.7. The van der Waals surface area contributed by atoms with Crippen LogP contribution in [0.2, 0.25) is 0 Å². The van der Waals surface area contributed by atoms with E-state index in [1.54, 1.807) is 42.7 Å². The number of primary amides is 1. The van der Waals surface area contributed by atoms with E-state index in [0.29, 0.717) is 29.8 Å². The van der Waals surface area contributed by atoms with Gasteiger partial charge >= 0.3 is 80.9 Å². The summed E-state index contributed by atoms with van der Waals surface area (Å²) in [5.41, 5.74) is 19.0. The van der Waals surface area contributed by atoms with Crippen LogP contribution in [-0.4, -0.2) is 125 Å². The van der Waals surface area contributed by atoms with Crippen LogP contribution < -0.4 is 160 Å². The van der Waals surface area contributed by atoms with Crippen molar-refractivity contribution in [2.45, 2.75) is 65.2 Å². The minimum atomic E-state index is -0.572. The smallest absolute Gasteiger partial charge is 1.00 e. The second-order valence-corrected chi connectivity index (χ2v) is 20.2. The molecule has 4 N–H and O–H groups in total. The number of nitrogens with zero attached hydrogens (tertiary/aromatic N) is 5. The average molecular weight is 1310 g/mol. The Balaban J connectivity index is 0.000000338. The third-order valence-electron chi connectivity index (χ3n) is 16.4. The van der Waals surface area contributed by atoms with Crippen LogP contribution in [-0.2, 0) is 37.0 Å². The van der Waals surface area contributed by atoms with Gasteiger partial charge in [-0.1, -0.05) is 27.0 Å². The molecule has 3 unspecified atom stereocenters. The van der Waals surface area contributed by atoms with E-state index in [1.807, 2.05) is 36.4 Å². The summed E-state index contributed by atoms with van der Waals surface area (Å²) in [4.78, 5) is 16.9. The molecule has 92 heavy (non-hydrogen) atoms. The molecule has 7 aromatic rings. The minimum Gasteiger partial charge on any atom is -1.00 e. The first kappa shape index (κ1) is 77.6. The van der Waals surface area contributed by atoms with Gasteiger partial charge in [0, 0.05) is 76.6 Å². The molecule has 9 heterocycles.